The smallest absolute Gasteiger partial charge is 0.126 e. The van der Waals surface area contributed by atoms with E-state index in [0.29, 0.717) is 5.56 Å². The molecule has 0 heterocycles. The Hall–Kier alpha value is -0.420. The first-order chi connectivity index (χ1) is 8.50. The number of alkyl halides is 1. The highest BCUT2D eigenvalue weighted by Gasteiger charge is 2.15. The lowest BCUT2D eigenvalue weighted by atomic mass is 10.0. The van der Waals surface area contributed by atoms with E-state index in [1.54, 1.807) is 6.92 Å². The molecule has 2 rings (SSSR count). The fourth-order valence-corrected chi connectivity index (χ4v) is 3.64. The van der Waals surface area contributed by atoms with Crippen molar-refractivity contribution in [3.8, 4) is 0 Å². The molecule has 0 saturated carbocycles. The molecule has 0 aliphatic rings. The first-order valence-corrected chi connectivity index (χ1v) is 7.65. The fourth-order valence-electron chi connectivity index (χ4n) is 1.87. The Bertz CT molecular complexity index is 581. The minimum Gasteiger partial charge on any atom is -0.207 e. The molecule has 0 aromatic heterocycles. The van der Waals surface area contributed by atoms with Gasteiger partial charge in [-0.3, -0.25) is 0 Å². The Labute approximate surface area is 129 Å². The van der Waals surface area contributed by atoms with Gasteiger partial charge in [0, 0.05) is 3.57 Å². The monoisotopic (exact) mass is 418 g/mol. The number of rotatable bonds is 2. The van der Waals surface area contributed by atoms with Crippen molar-refractivity contribution in [1.29, 1.82) is 0 Å². The lowest BCUT2D eigenvalue weighted by molar-refractivity contribution is 0.617. The van der Waals surface area contributed by atoms with Crippen LogP contribution in [0.5, 0.6) is 0 Å². The third-order valence-corrected chi connectivity index (χ3v) is 5.46. The van der Waals surface area contributed by atoms with Crippen LogP contribution in [-0.2, 0) is 0 Å². The molecule has 1 atom stereocenters. The van der Waals surface area contributed by atoms with Gasteiger partial charge in [0.1, 0.15) is 5.82 Å². The van der Waals surface area contributed by atoms with Crippen LogP contribution in [0.25, 0.3) is 0 Å². The molecule has 94 valence electrons. The molecule has 2 aromatic rings. The summed E-state index contributed by atoms with van der Waals surface area (Å²) in [6.07, 6.45) is 0. The third-order valence-electron chi connectivity index (χ3n) is 2.97. The van der Waals surface area contributed by atoms with Crippen LogP contribution in [0.3, 0.4) is 0 Å². The largest absolute Gasteiger partial charge is 0.207 e. The standard InChI is InChI=1S/C15H13BrFI/c1-9-4-3-5-12(15(9)18)14(16)11-6-7-13(17)10(2)8-11/h3-8,14H,1-2H3. The van der Waals surface area contributed by atoms with Crippen molar-refractivity contribution in [1.82, 2.24) is 0 Å². The molecule has 0 aliphatic carbocycles. The molecular formula is C15H13BrFI. The van der Waals surface area contributed by atoms with Gasteiger partial charge in [-0.25, -0.2) is 4.39 Å². The zero-order valence-electron chi connectivity index (χ0n) is 10.2. The molecule has 0 nitrogen and oxygen atoms in total. The average Bonchev–Trinajstić information content (AvgIpc) is 2.35. The second-order valence-electron chi connectivity index (χ2n) is 4.35. The van der Waals surface area contributed by atoms with Crippen molar-refractivity contribution in [2.24, 2.45) is 0 Å². The van der Waals surface area contributed by atoms with Crippen LogP contribution in [0, 0.1) is 23.2 Å². The Balaban J connectivity index is 2.44. The summed E-state index contributed by atoms with van der Waals surface area (Å²) in [5.74, 6) is -0.155. The van der Waals surface area contributed by atoms with Gasteiger partial charge in [0.25, 0.3) is 0 Å². The lowest BCUT2D eigenvalue weighted by Gasteiger charge is -2.15. The number of aryl methyl sites for hydroxylation is 2. The van der Waals surface area contributed by atoms with E-state index in [4.69, 9.17) is 0 Å². The molecule has 0 bridgehead atoms. The van der Waals surface area contributed by atoms with Crippen LogP contribution in [-0.4, -0.2) is 0 Å². The molecule has 1 unspecified atom stereocenters. The minimum absolute atomic E-state index is 0.101. The van der Waals surface area contributed by atoms with Crippen molar-refractivity contribution in [3.05, 3.63) is 68.0 Å². The van der Waals surface area contributed by atoms with E-state index in [2.05, 4.69) is 63.6 Å². The topological polar surface area (TPSA) is 0 Å². The summed E-state index contributed by atoms with van der Waals surface area (Å²) in [5, 5.41) is 0. The zero-order valence-corrected chi connectivity index (χ0v) is 13.9. The summed E-state index contributed by atoms with van der Waals surface area (Å²) in [6, 6.07) is 11.5. The van der Waals surface area contributed by atoms with E-state index in [1.807, 2.05) is 12.1 Å². The van der Waals surface area contributed by atoms with Crippen LogP contribution in [0.15, 0.2) is 36.4 Å². The Morgan fingerprint density at radius 3 is 2.50 bits per heavy atom. The minimum atomic E-state index is -0.155. The Kier molecular flexibility index (Phi) is 4.43. The van der Waals surface area contributed by atoms with E-state index in [1.165, 1.54) is 20.8 Å². The highest BCUT2D eigenvalue weighted by atomic mass is 127. The SMILES string of the molecule is Cc1cc(C(Br)c2cccc(C)c2I)ccc1F. The lowest BCUT2D eigenvalue weighted by Crippen LogP contribution is -1.98. The predicted molar refractivity (Wildman–Crippen MR) is 85.8 cm³/mol. The summed E-state index contributed by atoms with van der Waals surface area (Å²) in [5.41, 5.74) is 4.25. The molecule has 0 amide bonds. The molecule has 2 aromatic carbocycles. The second-order valence-corrected chi connectivity index (χ2v) is 6.34. The highest BCUT2D eigenvalue weighted by Crippen LogP contribution is 2.35. The summed E-state index contributed by atoms with van der Waals surface area (Å²) in [6.45, 7) is 3.89. The number of halogens is 3. The maximum atomic E-state index is 13.3. The summed E-state index contributed by atoms with van der Waals surface area (Å²) < 4.78 is 14.5. The van der Waals surface area contributed by atoms with Crippen LogP contribution < -0.4 is 0 Å². The van der Waals surface area contributed by atoms with E-state index in [9.17, 15) is 4.39 Å². The molecule has 0 saturated heterocycles. The van der Waals surface area contributed by atoms with Crippen molar-refractivity contribution >= 4 is 38.5 Å². The Morgan fingerprint density at radius 1 is 1.11 bits per heavy atom. The average molecular weight is 419 g/mol. The summed E-state index contributed by atoms with van der Waals surface area (Å²) in [7, 11) is 0. The van der Waals surface area contributed by atoms with Gasteiger partial charge >= 0.3 is 0 Å². The molecule has 0 aliphatic heterocycles. The van der Waals surface area contributed by atoms with Crippen LogP contribution in [0.1, 0.15) is 27.1 Å². The molecule has 0 N–H and O–H groups in total. The van der Waals surface area contributed by atoms with Gasteiger partial charge in [-0.2, -0.15) is 0 Å². The Morgan fingerprint density at radius 2 is 1.83 bits per heavy atom. The van der Waals surface area contributed by atoms with Crippen molar-refractivity contribution in [3.63, 3.8) is 0 Å². The molecular weight excluding hydrogens is 406 g/mol. The van der Waals surface area contributed by atoms with E-state index in [0.717, 1.165) is 5.56 Å². The van der Waals surface area contributed by atoms with Gasteiger partial charge in [0.2, 0.25) is 0 Å². The molecule has 18 heavy (non-hydrogen) atoms. The number of benzene rings is 2. The van der Waals surface area contributed by atoms with Gasteiger partial charge in [-0.15, -0.1) is 0 Å². The number of hydrogen-bond donors (Lipinski definition) is 0. The van der Waals surface area contributed by atoms with E-state index >= 15 is 0 Å². The van der Waals surface area contributed by atoms with Crippen molar-refractivity contribution in [2.45, 2.75) is 18.7 Å². The number of hydrogen-bond acceptors (Lipinski definition) is 0. The predicted octanol–water partition coefficient (Wildman–Crippen LogP) is 5.53. The van der Waals surface area contributed by atoms with Gasteiger partial charge in [-0.05, 0) is 64.8 Å². The molecule has 0 spiro atoms. The normalized spacial score (nSPS) is 12.5. The van der Waals surface area contributed by atoms with Gasteiger partial charge in [0.05, 0.1) is 4.83 Å². The van der Waals surface area contributed by atoms with E-state index < -0.39 is 0 Å². The fraction of sp³-hybridized carbons (Fsp3) is 0.200. The van der Waals surface area contributed by atoms with Crippen LogP contribution in [0.4, 0.5) is 4.39 Å². The molecule has 0 radical (unpaired) electrons. The first kappa shape index (κ1) is 14.0. The summed E-state index contributed by atoms with van der Waals surface area (Å²) in [4.78, 5) is 0.101. The maximum absolute atomic E-state index is 13.3. The second kappa shape index (κ2) is 5.70. The highest BCUT2D eigenvalue weighted by molar-refractivity contribution is 14.1. The first-order valence-electron chi connectivity index (χ1n) is 5.66. The van der Waals surface area contributed by atoms with E-state index in [-0.39, 0.29) is 10.6 Å². The quantitative estimate of drug-likeness (QED) is 0.444. The van der Waals surface area contributed by atoms with Gasteiger partial charge < -0.3 is 0 Å². The van der Waals surface area contributed by atoms with Gasteiger partial charge in [-0.1, -0.05) is 46.3 Å². The molecule has 3 heteroatoms. The van der Waals surface area contributed by atoms with Crippen LogP contribution >= 0.6 is 38.5 Å². The van der Waals surface area contributed by atoms with Crippen molar-refractivity contribution < 1.29 is 4.39 Å². The third kappa shape index (κ3) is 2.77. The van der Waals surface area contributed by atoms with Crippen molar-refractivity contribution in [2.75, 3.05) is 0 Å². The summed E-state index contributed by atoms with van der Waals surface area (Å²) >= 11 is 6.07. The van der Waals surface area contributed by atoms with Gasteiger partial charge in [0.15, 0.2) is 0 Å². The zero-order chi connectivity index (χ0) is 13.3. The molecule has 0 fully saturated rings. The maximum Gasteiger partial charge on any atom is 0.126 e. The van der Waals surface area contributed by atoms with Crippen LogP contribution in [0.2, 0.25) is 0 Å².